The number of benzene rings is 7. The zero-order valence-corrected chi connectivity index (χ0v) is 29.8. The van der Waals surface area contributed by atoms with Crippen LogP contribution in [0.3, 0.4) is 0 Å². The van der Waals surface area contributed by atoms with E-state index in [0.29, 0.717) is 45.0 Å². The van der Waals surface area contributed by atoms with Crippen LogP contribution in [0.2, 0.25) is 0 Å². The van der Waals surface area contributed by atoms with Crippen LogP contribution in [0.15, 0.2) is 126 Å². The van der Waals surface area contributed by atoms with Gasteiger partial charge in [0, 0.05) is 16.5 Å². The summed E-state index contributed by atoms with van der Waals surface area (Å²) in [5.74, 6) is -7.17. The third-order valence-corrected chi connectivity index (χ3v) is 10.3. The van der Waals surface area contributed by atoms with E-state index in [1.54, 1.807) is 18.2 Å². The van der Waals surface area contributed by atoms with Crippen LogP contribution in [0.25, 0.3) is 94.7 Å². The van der Waals surface area contributed by atoms with Gasteiger partial charge in [-0.3, -0.25) is 0 Å². The number of aromatic hydroxyl groups is 8. The minimum atomic E-state index is -1.12. The van der Waals surface area contributed by atoms with E-state index in [0.717, 1.165) is 22.3 Å². The summed E-state index contributed by atoms with van der Waals surface area (Å²) in [5, 5.41) is 87.9. The van der Waals surface area contributed by atoms with Crippen molar-refractivity contribution >= 4 is 43.7 Å². The van der Waals surface area contributed by atoms with Crippen LogP contribution in [0.4, 0.5) is 0 Å². The van der Waals surface area contributed by atoms with E-state index < -0.39 is 67.8 Å². The molecule has 282 valence electrons. The molecule has 0 fully saturated rings. The smallest absolute Gasteiger partial charge is 0.206 e. The van der Waals surface area contributed by atoms with Crippen LogP contribution >= 0.6 is 0 Å². The Morgan fingerprint density at radius 3 is 1.38 bits per heavy atom. The molecule has 0 atom stereocenters. The Morgan fingerprint density at radius 1 is 0.397 bits per heavy atom. The highest BCUT2D eigenvalue weighted by Gasteiger charge is 2.33. The molecule has 7 aromatic carbocycles. The number of phenols is 8. The topological polar surface area (TPSA) is 219 Å². The van der Waals surface area contributed by atoms with Crippen molar-refractivity contribution in [2.75, 3.05) is 0 Å². The second-order valence-electron chi connectivity index (χ2n) is 13.6. The molecule has 0 unspecified atom stereocenters. The largest absolute Gasteiger partial charge is 0.504 e. The van der Waals surface area contributed by atoms with Crippen molar-refractivity contribution in [1.29, 1.82) is 0 Å². The molecule has 3 heterocycles. The summed E-state index contributed by atoms with van der Waals surface area (Å²) in [6.07, 6.45) is 0. The lowest BCUT2D eigenvalue weighted by Crippen LogP contribution is -2.00. The number of rotatable bonds is 5. The van der Waals surface area contributed by atoms with Gasteiger partial charge in [-0.2, -0.15) is 0 Å². The highest BCUT2D eigenvalue weighted by Crippen LogP contribution is 2.59. The predicted molar refractivity (Wildman–Crippen MR) is 217 cm³/mol. The van der Waals surface area contributed by atoms with E-state index in [-0.39, 0.29) is 5.69 Å². The van der Waals surface area contributed by atoms with Gasteiger partial charge in [-0.1, -0.05) is 97.1 Å². The van der Waals surface area contributed by atoms with E-state index in [2.05, 4.69) is 0 Å². The Balaban J connectivity index is 1.36. The number of phenolic OH excluding ortho intramolecular Hbond substituents is 8. The highest BCUT2D eigenvalue weighted by atomic mass is 16.4. The standard InChI is InChI=1S/C45H28N4O9/c50-34-30-31-33(37(53)41(57)39(55)35(31)51)49(32(30)36(52)40(56)38(34)54)27-17-10-18-28-29(27)25-19-24(21-11-4-1-5-12-21)20-26(42(25)58-28)45-47-43(22-13-6-2-7-14-22)46-44(48-45)23-15-8-3-9-16-23/h1-20,50-57H. The van der Waals surface area contributed by atoms with Crippen molar-refractivity contribution in [3.05, 3.63) is 121 Å². The number of aromatic nitrogens is 4. The molecule has 10 rings (SSSR count). The maximum absolute atomic E-state index is 11.4. The molecule has 0 saturated carbocycles. The first-order valence-electron chi connectivity index (χ1n) is 17.8. The number of fused-ring (bicyclic) bond motifs is 6. The van der Waals surface area contributed by atoms with Gasteiger partial charge < -0.3 is 49.8 Å². The Hall–Kier alpha value is -8.45. The molecule has 13 heteroatoms. The molecule has 0 amide bonds. The van der Waals surface area contributed by atoms with Crippen LogP contribution in [0, 0.1) is 0 Å². The van der Waals surface area contributed by atoms with Crippen LogP contribution in [0.1, 0.15) is 0 Å². The van der Waals surface area contributed by atoms with Gasteiger partial charge in [-0.15, -0.1) is 0 Å². The van der Waals surface area contributed by atoms with Crippen molar-refractivity contribution < 1.29 is 45.3 Å². The van der Waals surface area contributed by atoms with Gasteiger partial charge in [0.25, 0.3) is 0 Å². The van der Waals surface area contributed by atoms with Gasteiger partial charge in [0.15, 0.2) is 40.5 Å². The van der Waals surface area contributed by atoms with Gasteiger partial charge in [0.1, 0.15) is 22.2 Å². The first-order valence-corrected chi connectivity index (χ1v) is 17.8. The Kier molecular flexibility index (Phi) is 7.37. The van der Waals surface area contributed by atoms with E-state index in [1.807, 2.05) is 103 Å². The minimum absolute atomic E-state index is 0.164. The fourth-order valence-corrected chi connectivity index (χ4v) is 7.62. The maximum atomic E-state index is 11.4. The molecular weight excluding hydrogens is 741 g/mol. The van der Waals surface area contributed by atoms with Crippen molar-refractivity contribution in [3.63, 3.8) is 0 Å². The molecule has 8 N–H and O–H groups in total. The second-order valence-corrected chi connectivity index (χ2v) is 13.6. The molecule has 58 heavy (non-hydrogen) atoms. The molecule has 0 aliphatic heterocycles. The SMILES string of the molecule is Oc1c(O)c(O)c2c(c1O)c1c(O)c(O)c(O)c(O)c1n2-c1cccc2oc3c(-c4nc(-c5ccccc5)nc(-c5ccccc5)n4)cc(-c4ccccc4)cc3c12. The van der Waals surface area contributed by atoms with Gasteiger partial charge in [-0.25, -0.2) is 15.0 Å². The van der Waals surface area contributed by atoms with Gasteiger partial charge in [0.2, 0.25) is 23.0 Å². The molecule has 13 nitrogen and oxygen atoms in total. The van der Waals surface area contributed by atoms with E-state index >= 15 is 0 Å². The van der Waals surface area contributed by atoms with Crippen molar-refractivity contribution in [2.24, 2.45) is 0 Å². The second kappa shape index (κ2) is 12.5. The number of furan rings is 1. The van der Waals surface area contributed by atoms with Crippen LogP contribution in [-0.4, -0.2) is 60.4 Å². The Bertz CT molecular complexity index is 3180. The summed E-state index contributed by atoms with van der Waals surface area (Å²) in [6, 6.07) is 37.2. The average Bonchev–Trinajstić information content (AvgIpc) is 3.84. The molecule has 0 aliphatic carbocycles. The maximum Gasteiger partial charge on any atom is 0.206 e. The zero-order valence-electron chi connectivity index (χ0n) is 29.8. The summed E-state index contributed by atoms with van der Waals surface area (Å²) in [6.45, 7) is 0. The van der Waals surface area contributed by atoms with Crippen LogP contribution in [0.5, 0.6) is 46.0 Å². The number of hydrogen-bond donors (Lipinski definition) is 8. The van der Waals surface area contributed by atoms with E-state index in [1.165, 1.54) is 4.57 Å². The molecule has 0 aliphatic rings. The van der Waals surface area contributed by atoms with Gasteiger partial charge in [-0.05, 0) is 35.4 Å². The molecule has 3 aromatic heterocycles. The summed E-state index contributed by atoms with van der Waals surface area (Å²) >= 11 is 0. The third-order valence-electron chi connectivity index (χ3n) is 10.3. The molecule has 10 aromatic rings. The first kappa shape index (κ1) is 34.1. The lowest BCUT2D eigenvalue weighted by molar-refractivity contribution is 0.350. The lowest BCUT2D eigenvalue weighted by atomic mass is 9.98. The summed E-state index contributed by atoms with van der Waals surface area (Å²) in [7, 11) is 0. The van der Waals surface area contributed by atoms with Gasteiger partial charge in [0.05, 0.1) is 27.4 Å². The first-order chi connectivity index (χ1) is 28.1. The number of nitrogens with zero attached hydrogens (tertiary/aromatic N) is 4. The quantitative estimate of drug-likeness (QED) is 0.0607. The lowest BCUT2D eigenvalue weighted by Gasteiger charge is -2.13. The summed E-state index contributed by atoms with van der Waals surface area (Å²) < 4.78 is 7.84. The monoisotopic (exact) mass is 768 g/mol. The molecule has 0 bridgehead atoms. The van der Waals surface area contributed by atoms with Crippen molar-refractivity contribution in [1.82, 2.24) is 19.5 Å². The molecule has 0 radical (unpaired) electrons. The van der Waals surface area contributed by atoms with E-state index in [4.69, 9.17) is 19.4 Å². The fraction of sp³-hybridized carbons (Fsp3) is 0. The highest BCUT2D eigenvalue weighted by molar-refractivity contribution is 6.23. The van der Waals surface area contributed by atoms with E-state index in [9.17, 15) is 40.9 Å². The zero-order chi connectivity index (χ0) is 40.0. The predicted octanol–water partition coefficient (Wildman–Crippen LogP) is 9.18. The number of hydrogen-bond acceptors (Lipinski definition) is 12. The van der Waals surface area contributed by atoms with Crippen molar-refractivity contribution in [2.45, 2.75) is 0 Å². The Labute approximate surface area is 326 Å². The summed E-state index contributed by atoms with van der Waals surface area (Å²) in [4.78, 5) is 14.8. The molecular formula is C45H28N4O9. The molecule has 0 spiro atoms. The summed E-state index contributed by atoms with van der Waals surface area (Å²) in [5.41, 5.74) is 3.59. The fourth-order valence-electron chi connectivity index (χ4n) is 7.62. The normalized spacial score (nSPS) is 11.7. The molecule has 0 saturated heterocycles. The third kappa shape index (κ3) is 4.86. The van der Waals surface area contributed by atoms with Crippen molar-refractivity contribution in [3.8, 4) is 97.0 Å². The Morgan fingerprint density at radius 2 is 0.862 bits per heavy atom. The van der Waals surface area contributed by atoms with Crippen LogP contribution in [-0.2, 0) is 0 Å². The average molecular weight is 769 g/mol. The minimum Gasteiger partial charge on any atom is -0.504 e. The van der Waals surface area contributed by atoms with Crippen LogP contribution < -0.4 is 0 Å². The van der Waals surface area contributed by atoms with Gasteiger partial charge >= 0.3 is 0 Å².